The first-order valence-electron chi connectivity index (χ1n) is 14.5. The summed E-state index contributed by atoms with van der Waals surface area (Å²) < 4.78 is 0. The molecular weight excluding hydrogens is 510 g/mol. The van der Waals surface area contributed by atoms with E-state index in [1.165, 1.54) is 0 Å². The molecule has 40 heavy (non-hydrogen) atoms. The number of carbonyl (C=O) groups is 5. The molecule has 5 N–H and O–H groups in total. The van der Waals surface area contributed by atoms with E-state index < -0.39 is 59.7 Å². The van der Waals surface area contributed by atoms with E-state index in [1.807, 2.05) is 65.0 Å². The van der Waals surface area contributed by atoms with Crippen molar-refractivity contribution < 1.29 is 24.0 Å². The van der Waals surface area contributed by atoms with Gasteiger partial charge in [-0.2, -0.15) is 0 Å². The molecular formula is C30H47N5O5. The lowest BCUT2D eigenvalue weighted by Crippen LogP contribution is -2.58. The van der Waals surface area contributed by atoms with Crippen LogP contribution in [0.15, 0.2) is 30.3 Å². The number of nitrogens with one attached hydrogen (secondary N) is 5. The van der Waals surface area contributed by atoms with Crippen LogP contribution < -0.4 is 26.6 Å². The summed E-state index contributed by atoms with van der Waals surface area (Å²) in [6, 6.07) is 4.71. The van der Waals surface area contributed by atoms with Crippen molar-refractivity contribution in [2.24, 2.45) is 11.8 Å². The molecule has 0 aliphatic carbocycles. The van der Waals surface area contributed by atoms with Gasteiger partial charge in [0.15, 0.2) is 0 Å². The maximum absolute atomic E-state index is 13.6. The normalized spacial score (nSPS) is 25.3. The van der Waals surface area contributed by atoms with Gasteiger partial charge in [0.25, 0.3) is 0 Å². The highest BCUT2D eigenvalue weighted by atomic mass is 16.2. The zero-order chi connectivity index (χ0) is 29.8. The van der Waals surface area contributed by atoms with Gasteiger partial charge in [0, 0.05) is 6.42 Å². The molecule has 1 aliphatic heterocycles. The van der Waals surface area contributed by atoms with Gasteiger partial charge in [-0.1, -0.05) is 78.3 Å². The Kier molecular flexibility index (Phi) is 13.1. The molecule has 0 saturated carbocycles. The van der Waals surface area contributed by atoms with Crippen LogP contribution in [0.3, 0.4) is 0 Å². The van der Waals surface area contributed by atoms with E-state index in [0.29, 0.717) is 32.1 Å². The van der Waals surface area contributed by atoms with Gasteiger partial charge in [-0.25, -0.2) is 0 Å². The van der Waals surface area contributed by atoms with E-state index in [1.54, 1.807) is 6.92 Å². The monoisotopic (exact) mass is 557 g/mol. The van der Waals surface area contributed by atoms with E-state index >= 15 is 0 Å². The minimum Gasteiger partial charge on any atom is -0.343 e. The zero-order valence-electron chi connectivity index (χ0n) is 24.7. The van der Waals surface area contributed by atoms with Crippen molar-refractivity contribution >= 4 is 29.5 Å². The number of rotatable bonds is 9. The summed E-state index contributed by atoms with van der Waals surface area (Å²) in [4.78, 5) is 67.0. The van der Waals surface area contributed by atoms with Crippen molar-refractivity contribution in [1.29, 1.82) is 0 Å². The lowest BCUT2D eigenvalue weighted by molar-refractivity contribution is -0.134. The Labute approximate surface area is 238 Å². The van der Waals surface area contributed by atoms with Crippen LogP contribution in [0, 0.1) is 11.8 Å². The quantitative estimate of drug-likeness (QED) is 0.315. The topological polar surface area (TPSA) is 146 Å². The summed E-state index contributed by atoms with van der Waals surface area (Å²) in [5, 5.41) is 14.0. The summed E-state index contributed by atoms with van der Waals surface area (Å²) in [6.45, 7) is 11.4. The summed E-state index contributed by atoms with van der Waals surface area (Å²) in [6.07, 6.45) is 2.17. The Morgan fingerprint density at radius 1 is 0.575 bits per heavy atom. The summed E-state index contributed by atoms with van der Waals surface area (Å²) in [5.41, 5.74) is 0.833. The van der Waals surface area contributed by atoms with Crippen molar-refractivity contribution in [3.63, 3.8) is 0 Å². The third-order valence-corrected chi connectivity index (χ3v) is 6.85. The molecule has 0 aromatic heterocycles. The van der Waals surface area contributed by atoms with Crippen LogP contribution in [-0.2, 0) is 30.4 Å². The molecule has 5 atom stereocenters. The Morgan fingerprint density at radius 3 is 1.45 bits per heavy atom. The van der Waals surface area contributed by atoms with Crippen LogP contribution in [0.4, 0.5) is 0 Å². The van der Waals surface area contributed by atoms with Gasteiger partial charge in [0.2, 0.25) is 29.5 Å². The zero-order valence-corrected chi connectivity index (χ0v) is 24.7. The first-order valence-corrected chi connectivity index (χ1v) is 14.5. The lowest BCUT2D eigenvalue weighted by Gasteiger charge is -2.26. The summed E-state index contributed by atoms with van der Waals surface area (Å²) in [5.74, 6) is -2.30. The fourth-order valence-electron chi connectivity index (χ4n) is 4.74. The predicted molar refractivity (Wildman–Crippen MR) is 154 cm³/mol. The Hall–Kier alpha value is -3.43. The minimum atomic E-state index is -0.980. The predicted octanol–water partition coefficient (Wildman–Crippen LogP) is 1.97. The Balaban J connectivity index is 2.52. The Bertz CT molecular complexity index is 1010. The highest BCUT2D eigenvalue weighted by Gasteiger charge is 2.34. The second kappa shape index (κ2) is 16.0. The van der Waals surface area contributed by atoms with Gasteiger partial charge in [0.1, 0.15) is 30.2 Å². The second-order valence-corrected chi connectivity index (χ2v) is 11.5. The van der Waals surface area contributed by atoms with Crippen molar-refractivity contribution in [3.05, 3.63) is 35.9 Å². The lowest BCUT2D eigenvalue weighted by atomic mass is 10.00. The molecule has 1 aromatic carbocycles. The Morgan fingerprint density at radius 2 is 0.975 bits per heavy atom. The maximum Gasteiger partial charge on any atom is 0.243 e. The average molecular weight is 558 g/mol. The standard InChI is InChI=1S/C30H47N5O5/c1-7-12-22-27(37)34-23(15-18(3)4)28(38)31-21(8-2)26(36)33-24(16-19(5)6)29(39)35-25(30(40)32-22)17-20-13-10-9-11-14-20/h9-11,13-14,18-19,21-25H,7-8,12,15-17H2,1-6H3,(H,31,38)(H,32,40)(H,33,36)(H,34,37)(H,35,39)/t21-,22-,23-,24+,25-/m0/s1. The maximum atomic E-state index is 13.6. The van der Waals surface area contributed by atoms with Gasteiger partial charge < -0.3 is 26.6 Å². The molecule has 222 valence electrons. The number of carbonyl (C=O) groups excluding carboxylic acids is 5. The number of hydrogen-bond donors (Lipinski definition) is 5. The smallest absolute Gasteiger partial charge is 0.243 e. The van der Waals surface area contributed by atoms with E-state index in [-0.39, 0.29) is 18.3 Å². The van der Waals surface area contributed by atoms with Gasteiger partial charge in [0.05, 0.1) is 0 Å². The molecule has 1 fully saturated rings. The van der Waals surface area contributed by atoms with E-state index in [0.717, 1.165) is 5.56 Å². The third kappa shape index (κ3) is 10.3. The van der Waals surface area contributed by atoms with Crippen molar-refractivity contribution in [3.8, 4) is 0 Å². The molecule has 1 aliphatic rings. The molecule has 0 unspecified atom stereocenters. The summed E-state index contributed by atoms with van der Waals surface area (Å²) in [7, 11) is 0. The summed E-state index contributed by atoms with van der Waals surface area (Å²) >= 11 is 0. The molecule has 1 heterocycles. The SMILES string of the molecule is CCC[C@@H]1NC(=O)[C@H](Cc2ccccc2)NC(=O)[C@@H](CC(C)C)NC(=O)[C@H](CC)NC(=O)[C@H](CC(C)C)NC1=O. The second-order valence-electron chi connectivity index (χ2n) is 11.5. The highest BCUT2D eigenvalue weighted by molar-refractivity contribution is 5.97. The van der Waals surface area contributed by atoms with Gasteiger partial charge >= 0.3 is 0 Å². The van der Waals surface area contributed by atoms with Crippen LogP contribution in [0.2, 0.25) is 0 Å². The number of benzene rings is 1. The molecule has 1 aromatic rings. The van der Waals surface area contributed by atoms with Crippen molar-refractivity contribution in [1.82, 2.24) is 26.6 Å². The van der Waals surface area contributed by atoms with Crippen LogP contribution >= 0.6 is 0 Å². The van der Waals surface area contributed by atoms with Gasteiger partial charge in [-0.05, 0) is 43.1 Å². The third-order valence-electron chi connectivity index (χ3n) is 6.85. The number of hydrogen-bond acceptors (Lipinski definition) is 5. The fourth-order valence-corrected chi connectivity index (χ4v) is 4.74. The minimum absolute atomic E-state index is 0.0698. The average Bonchev–Trinajstić information content (AvgIpc) is 2.89. The van der Waals surface area contributed by atoms with Crippen LogP contribution in [0.25, 0.3) is 0 Å². The molecule has 0 bridgehead atoms. The molecule has 0 radical (unpaired) electrons. The number of amides is 5. The highest BCUT2D eigenvalue weighted by Crippen LogP contribution is 2.12. The molecule has 0 spiro atoms. The van der Waals surface area contributed by atoms with Crippen LogP contribution in [0.5, 0.6) is 0 Å². The molecule has 5 amide bonds. The molecule has 2 rings (SSSR count). The van der Waals surface area contributed by atoms with Gasteiger partial charge in [-0.15, -0.1) is 0 Å². The fraction of sp³-hybridized carbons (Fsp3) is 0.633. The first kappa shape index (κ1) is 32.8. The van der Waals surface area contributed by atoms with Gasteiger partial charge in [-0.3, -0.25) is 24.0 Å². The van der Waals surface area contributed by atoms with Crippen molar-refractivity contribution in [2.75, 3.05) is 0 Å². The molecule has 10 nitrogen and oxygen atoms in total. The van der Waals surface area contributed by atoms with E-state index in [2.05, 4.69) is 26.6 Å². The van der Waals surface area contributed by atoms with Crippen molar-refractivity contribution in [2.45, 2.75) is 110 Å². The van der Waals surface area contributed by atoms with Crippen LogP contribution in [0.1, 0.15) is 79.2 Å². The largest absolute Gasteiger partial charge is 0.343 e. The molecule has 1 saturated heterocycles. The van der Waals surface area contributed by atoms with E-state index in [9.17, 15) is 24.0 Å². The van der Waals surface area contributed by atoms with E-state index in [4.69, 9.17) is 0 Å². The first-order chi connectivity index (χ1) is 18.9. The molecule has 10 heteroatoms. The van der Waals surface area contributed by atoms with Crippen LogP contribution in [-0.4, -0.2) is 59.7 Å².